The zero-order chi connectivity index (χ0) is 20.4. The topological polar surface area (TPSA) is 88.8 Å². The van der Waals surface area contributed by atoms with E-state index < -0.39 is 10.0 Å². The molecule has 0 unspecified atom stereocenters. The predicted molar refractivity (Wildman–Crippen MR) is 109 cm³/mol. The van der Waals surface area contributed by atoms with E-state index in [-0.39, 0.29) is 23.1 Å². The molecule has 8 heteroatoms. The Hall–Kier alpha value is -2.16. The zero-order valence-corrected chi connectivity index (χ0v) is 17.3. The number of ether oxygens (including phenoxy) is 1. The number of rotatable bonds is 7. The summed E-state index contributed by atoms with van der Waals surface area (Å²) >= 11 is 0. The Balaban J connectivity index is 1.29. The number of hydrogen-bond acceptors (Lipinski definition) is 6. The molecule has 1 aromatic carbocycles. The van der Waals surface area contributed by atoms with Crippen molar-refractivity contribution in [1.82, 2.24) is 9.62 Å². The summed E-state index contributed by atoms with van der Waals surface area (Å²) in [6.45, 7) is 2.66. The molecule has 156 valence electrons. The van der Waals surface area contributed by atoms with E-state index in [2.05, 4.69) is 21.8 Å². The van der Waals surface area contributed by atoms with Crippen LogP contribution in [0.1, 0.15) is 36.1 Å². The van der Waals surface area contributed by atoms with E-state index >= 15 is 0 Å². The van der Waals surface area contributed by atoms with E-state index in [4.69, 9.17) is 9.15 Å². The number of nitrogens with one attached hydrogen (secondary N) is 1. The molecular weight excluding hydrogens is 392 g/mol. The van der Waals surface area contributed by atoms with Crippen LogP contribution in [0.2, 0.25) is 0 Å². The van der Waals surface area contributed by atoms with Gasteiger partial charge in [-0.25, -0.2) is 13.1 Å². The first kappa shape index (κ1) is 20.1. The van der Waals surface area contributed by atoms with Gasteiger partial charge in [-0.05, 0) is 36.3 Å². The first-order valence-corrected chi connectivity index (χ1v) is 11.8. The van der Waals surface area contributed by atoms with Crippen LogP contribution in [0.4, 0.5) is 0 Å². The van der Waals surface area contributed by atoms with Gasteiger partial charge in [0.25, 0.3) is 0 Å². The van der Waals surface area contributed by atoms with E-state index in [9.17, 15) is 13.2 Å². The highest BCUT2D eigenvalue weighted by molar-refractivity contribution is 7.88. The molecule has 1 aromatic heterocycles. The number of hydrogen-bond donors (Lipinski definition) is 1. The van der Waals surface area contributed by atoms with Crippen LogP contribution in [0, 0.1) is 5.92 Å². The third-order valence-corrected chi connectivity index (χ3v) is 6.30. The minimum absolute atomic E-state index is 0.0537. The van der Waals surface area contributed by atoms with Crippen molar-refractivity contribution in [3.8, 4) is 5.75 Å². The summed E-state index contributed by atoms with van der Waals surface area (Å²) in [6.07, 6.45) is 4.93. The Bertz CT molecular complexity index is 1010. The molecule has 0 saturated heterocycles. The maximum Gasteiger partial charge on any atom is 0.227 e. The van der Waals surface area contributed by atoms with Crippen molar-refractivity contribution in [3.05, 3.63) is 63.7 Å². The monoisotopic (exact) mass is 418 g/mol. The van der Waals surface area contributed by atoms with Gasteiger partial charge in [-0.15, -0.1) is 0 Å². The predicted octanol–water partition coefficient (Wildman–Crippen LogP) is 2.25. The SMILES string of the molecule is CS(=O)(=O)N[C@@H]1CC[C@H](COc2coc(CN3Cc4ccccc4C3)cc2=O)C1. The molecule has 1 saturated carbocycles. The second-order valence-electron chi connectivity index (χ2n) is 8.07. The maximum atomic E-state index is 12.4. The molecule has 1 N–H and O–H groups in total. The molecule has 2 aliphatic rings. The van der Waals surface area contributed by atoms with Gasteiger partial charge in [0, 0.05) is 25.2 Å². The normalized spacial score (nSPS) is 22.0. The summed E-state index contributed by atoms with van der Waals surface area (Å²) in [7, 11) is -3.20. The fourth-order valence-electron chi connectivity index (χ4n) is 4.21. The first-order chi connectivity index (χ1) is 13.9. The van der Waals surface area contributed by atoms with E-state index in [1.807, 2.05) is 12.1 Å². The third kappa shape index (κ3) is 5.26. The van der Waals surface area contributed by atoms with Crippen LogP contribution >= 0.6 is 0 Å². The number of fused-ring (bicyclic) bond motifs is 1. The van der Waals surface area contributed by atoms with Crippen molar-refractivity contribution in [2.45, 2.75) is 44.9 Å². The van der Waals surface area contributed by atoms with Gasteiger partial charge in [0.15, 0.2) is 0 Å². The molecule has 7 nitrogen and oxygen atoms in total. The van der Waals surface area contributed by atoms with Gasteiger partial charge < -0.3 is 9.15 Å². The Morgan fingerprint density at radius 3 is 2.59 bits per heavy atom. The van der Waals surface area contributed by atoms with Gasteiger partial charge in [-0.1, -0.05) is 24.3 Å². The Labute approximate surface area is 170 Å². The van der Waals surface area contributed by atoms with Crippen molar-refractivity contribution in [2.24, 2.45) is 5.92 Å². The van der Waals surface area contributed by atoms with E-state index in [1.165, 1.54) is 29.7 Å². The van der Waals surface area contributed by atoms with Gasteiger partial charge in [-0.3, -0.25) is 9.69 Å². The Morgan fingerprint density at radius 2 is 1.93 bits per heavy atom. The van der Waals surface area contributed by atoms with Crippen LogP contribution in [0.3, 0.4) is 0 Å². The van der Waals surface area contributed by atoms with E-state index in [0.717, 1.165) is 25.9 Å². The lowest BCUT2D eigenvalue weighted by atomic mass is 10.1. The van der Waals surface area contributed by atoms with Crippen molar-refractivity contribution in [1.29, 1.82) is 0 Å². The molecule has 0 amide bonds. The number of nitrogens with zero attached hydrogens (tertiary/aromatic N) is 1. The third-order valence-electron chi connectivity index (χ3n) is 5.53. The fourth-order valence-corrected chi connectivity index (χ4v) is 5.03. The molecule has 1 aliphatic heterocycles. The molecule has 0 radical (unpaired) electrons. The van der Waals surface area contributed by atoms with Gasteiger partial charge in [0.05, 0.1) is 19.4 Å². The molecule has 4 rings (SSSR count). The van der Waals surface area contributed by atoms with Crippen molar-refractivity contribution in [3.63, 3.8) is 0 Å². The lowest BCUT2D eigenvalue weighted by molar-refractivity contribution is 0.228. The summed E-state index contributed by atoms with van der Waals surface area (Å²) in [6, 6.07) is 9.78. The first-order valence-electron chi connectivity index (χ1n) is 9.87. The van der Waals surface area contributed by atoms with Crippen molar-refractivity contribution >= 4 is 10.0 Å². The molecule has 2 atom stereocenters. The zero-order valence-electron chi connectivity index (χ0n) is 16.5. The lowest BCUT2D eigenvalue weighted by Gasteiger charge is -2.15. The van der Waals surface area contributed by atoms with Crippen molar-refractivity contribution in [2.75, 3.05) is 12.9 Å². The van der Waals surface area contributed by atoms with Gasteiger partial charge >= 0.3 is 0 Å². The number of benzene rings is 1. The van der Waals surface area contributed by atoms with E-state index in [1.54, 1.807) is 0 Å². The Kier molecular flexibility index (Phi) is 5.76. The molecule has 2 heterocycles. The molecular formula is C21H26N2O5S. The minimum atomic E-state index is -3.20. The van der Waals surface area contributed by atoms with Gasteiger partial charge in [-0.2, -0.15) is 0 Å². The quantitative estimate of drug-likeness (QED) is 0.742. The fraction of sp³-hybridized carbons (Fsp3) is 0.476. The summed E-state index contributed by atoms with van der Waals surface area (Å²) in [5.41, 5.74) is 2.44. The summed E-state index contributed by atoms with van der Waals surface area (Å²) < 4.78 is 36.6. The highest BCUT2D eigenvalue weighted by Crippen LogP contribution is 2.27. The van der Waals surface area contributed by atoms with Gasteiger partial charge in [0.2, 0.25) is 21.2 Å². The standard InChI is InChI=1S/C21H26N2O5S/c1-29(25,26)22-18-7-6-15(8-18)13-28-21-14-27-19(9-20(21)24)12-23-10-16-4-2-3-5-17(16)11-23/h2-5,9,14-15,18,22H,6-8,10-13H2,1H3/t15-,18+/m0/s1. The van der Waals surface area contributed by atoms with Gasteiger partial charge in [0.1, 0.15) is 12.0 Å². The van der Waals surface area contributed by atoms with Crippen LogP contribution < -0.4 is 14.9 Å². The molecule has 2 aromatic rings. The van der Waals surface area contributed by atoms with Crippen LogP contribution in [-0.2, 0) is 29.7 Å². The smallest absolute Gasteiger partial charge is 0.227 e. The van der Waals surface area contributed by atoms with Crippen LogP contribution in [-0.4, -0.2) is 32.2 Å². The molecule has 0 spiro atoms. The van der Waals surface area contributed by atoms with E-state index in [0.29, 0.717) is 25.3 Å². The Morgan fingerprint density at radius 1 is 1.21 bits per heavy atom. The summed E-state index contributed by atoms with van der Waals surface area (Å²) in [5, 5.41) is 0. The molecule has 29 heavy (non-hydrogen) atoms. The summed E-state index contributed by atoms with van der Waals surface area (Å²) in [4.78, 5) is 14.6. The second kappa shape index (κ2) is 8.30. The highest BCUT2D eigenvalue weighted by Gasteiger charge is 2.27. The maximum absolute atomic E-state index is 12.4. The van der Waals surface area contributed by atoms with Crippen LogP contribution in [0.5, 0.6) is 5.75 Å². The largest absolute Gasteiger partial charge is 0.486 e. The van der Waals surface area contributed by atoms with Crippen LogP contribution in [0.15, 0.2) is 45.8 Å². The van der Waals surface area contributed by atoms with Crippen LogP contribution in [0.25, 0.3) is 0 Å². The summed E-state index contributed by atoms with van der Waals surface area (Å²) in [5.74, 6) is 1.04. The number of sulfonamides is 1. The average Bonchev–Trinajstić information content (AvgIpc) is 3.25. The molecule has 1 aliphatic carbocycles. The lowest BCUT2D eigenvalue weighted by Crippen LogP contribution is -2.32. The molecule has 1 fully saturated rings. The average molecular weight is 419 g/mol. The second-order valence-corrected chi connectivity index (χ2v) is 9.85. The van der Waals surface area contributed by atoms with Crippen molar-refractivity contribution < 1.29 is 17.6 Å². The highest BCUT2D eigenvalue weighted by atomic mass is 32.2. The minimum Gasteiger partial charge on any atom is -0.486 e. The molecule has 0 bridgehead atoms.